The summed E-state index contributed by atoms with van der Waals surface area (Å²) in [6.07, 6.45) is 1.83. The summed E-state index contributed by atoms with van der Waals surface area (Å²) in [4.78, 5) is 12.2. The van der Waals surface area contributed by atoms with Crippen molar-refractivity contribution >= 4 is 17.7 Å². The minimum Gasteiger partial charge on any atom is -0.486 e. The Morgan fingerprint density at radius 3 is 2.64 bits per heavy atom. The first kappa shape index (κ1) is 20.5. The van der Waals surface area contributed by atoms with Gasteiger partial charge in [0.15, 0.2) is 11.5 Å². The molecular weight excluding hydrogens is 397 g/mol. The van der Waals surface area contributed by atoms with E-state index >= 15 is 0 Å². The van der Waals surface area contributed by atoms with Crippen molar-refractivity contribution in [2.75, 3.05) is 19.8 Å². The summed E-state index contributed by atoms with van der Waals surface area (Å²) in [7, 11) is 0. The van der Waals surface area contributed by atoms with Crippen LogP contribution in [0.3, 0.4) is 0 Å². The summed E-state index contributed by atoms with van der Waals surface area (Å²) in [5, 5.41) is 6.56. The summed E-state index contributed by atoms with van der Waals surface area (Å²) in [6.45, 7) is 1.99. The second-order valence-electron chi connectivity index (χ2n) is 6.25. The van der Waals surface area contributed by atoms with Crippen LogP contribution in [0.5, 0.6) is 5.75 Å². The Bertz CT molecular complexity index is 774. The molecule has 2 heterocycles. The highest BCUT2D eigenvalue weighted by Crippen LogP contribution is 2.37. The van der Waals surface area contributed by atoms with Crippen LogP contribution in [0, 0.1) is 5.92 Å². The summed E-state index contributed by atoms with van der Waals surface area (Å²) < 4.78 is 52.8. The second-order valence-corrected chi connectivity index (χ2v) is 7.39. The van der Waals surface area contributed by atoms with E-state index in [1.807, 2.05) is 0 Å². The molecule has 1 N–H and O–H groups in total. The highest BCUT2D eigenvalue weighted by Gasteiger charge is 2.29. The van der Waals surface area contributed by atoms with E-state index in [1.54, 1.807) is 0 Å². The Morgan fingerprint density at radius 1 is 1.25 bits per heavy atom. The maximum absolute atomic E-state index is 12.3. The molecule has 0 atom stereocenters. The van der Waals surface area contributed by atoms with Crippen LogP contribution in [0.4, 0.5) is 13.2 Å². The average molecular weight is 416 g/mol. The van der Waals surface area contributed by atoms with Gasteiger partial charge in [0, 0.05) is 30.7 Å². The van der Waals surface area contributed by atoms with Gasteiger partial charge in [0.05, 0.1) is 0 Å². The molecule has 6 nitrogen and oxygen atoms in total. The number of rotatable bonds is 7. The zero-order valence-electron chi connectivity index (χ0n) is 14.8. The maximum Gasteiger partial charge on any atom is 0.446 e. The van der Waals surface area contributed by atoms with Crippen molar-refractivity contribution in [3.63, 3.8) is 0 Å². The van der Waals surface area contributed by atoms with Gasteiger partial charge in [-0.3, -0.25) is 4.79 Å². The van der Waals surface area contributed by atoms with Crippen molar-refractivity contribution in [2.45, 2.75) is 29.9 Å². The topological polar surface area (TPSA) is 73.6 Å². The van der Waals surface area contributed by atoms with Crippen LogP contribution in [0.25, 0.3) is 0 Å². The maximum atomic E-state index is 12.3. The van der Waals surface area contributed by atoms with Crippen molar-refractivity contribution in [1.82, 2.24) is 10.5 Å². The van der Waals surface area contributed by atoms with E-state index in [2.05, 4.69) is 10.5 Å². The fourth-order valence-electron chi connectivity index (χ4n) is 2.66. The lowest BCUT2D eigenvalue weighted by Gasteiger charge is -2.21. The molecule has 0 spiro atoms. The van der Waals surface area contributed by atoms with E-state index in [9.17, 15) is 18.0 Å². The third-order valence-electron chi connectivity index (χ3n) is 4.12. The summed E-state index contributed by atoms with van der Waals surface area (Å²) in [5.41, 5.74) is -4.17. The molecule has 28 heavy (non-hydrogen) atoms. The summed E-state index contributed by atoms with van der Waals surface area (Å²) in [6, 6.07) is 7.00. The lowest BCUT2D eigenvalue weighted by Crippen LogP contribution is -2.32. The van der Waals surface area contributed by atoms with Crippen LogP contribution in [0.15, 0.2) is 39.8 Å². The molecule has 1 aliphatic rings. The molecule has 0 saturated carbocycles. The van der Waals surface area contributed by atoms with Crippen molar-refractivity contribution in [2.24, 2.45) is 5.92 Å². The smallest absolute Gasteiger partial charge is 0.446 e. The average Bonchev–Trinajstić information content (AvgIpc) is 3.14. The first-order valence-corrected chi connectivity index (χ1v) is 9.51. The quantitative estimate of drug-likeness (QED) is 0.688. The molecule has 0 aliphatic carbocycles. The fraction of sp³-hybridized carbons (Fsp3) is 0.444. The van der Waals surface area contributed by atoms with E-state index in [0.717, 1.165) is 12.8 Å². The Kier molecular flexibility index (Phi) is 6.84. The number of hydrogen-bond acceptors (Lipinski definition) is 6. The third-order valence-corrected chi connectivity index (χ3v) is 4.86. The van der Waals surface area contributed by atoms with Crippen LogP contribution in [-0.2, 0) is 11.3 Å². The monoisotopic (exact) mass is 416 g/mol. The molecule has 0 unspecified atom stereocenters. The van der Waals surface area contributed by atoms with E-state index in [4.69, 9.17) is 14.0 Å². The highest BCUT2D eigenvalue weighted by atomic mass is 32.2. The number of aromatic nitrogens is 1. The van der Waals surface area contributed by atoms with Gasteiger partial charge in [0.25, 0.3) is 5.91 Å². The number of carbonyl (C=O) groups excluding carboxylic acids is 1. The van der Waals surface area contributed by atoms with Gasteiger partial charge >= 0.3 is 5.51 Å². The van der Waals surface area contributed by atoms with Gasteiger partial charge in [-0.25, -0.2) is 0 Å². The molecule has 10 heteroatoms. The Morgan fingerprint density at radius 2 is 1.96 bits per heavy atom. The second kappa shape index (κ2) is 9.33. The number of alkyl halides is 3. The third kappa shape index (κ3) is 6.45. The normalized spacial score (nSPS) is 15.4. The molecular formula is C18H19F3N2O4S. The number of carbonyl (C=O) groups is 1. The number of nitrogens with one attached hydrogen (secondary N) is 1. The largest absolute Gasteiger partial charge is 0.486 e. The van der Waals surface area contributed by atoms with Gasteiger partial charge in [-0.2, -0.15) is 13.2 Å². The minimum atomic E-state index is -4.33. The van der Waals surface area contributed by atoms with E-state index in [0.29, 0.717) is 37.2 Å². The number of amides is 1. The SMILES string of the molecule is O=C(NCC1CCOCC1)c1cc(COc2ccc(SC(F)(F)F)cc2)on1. The van der Waals surface area contributed by atoms with Crippen LogP contribution < -0.4 is 10.1 Å². The van der Waals surface area contributed by atoms with Gasteiger partial charge in [-0.05, 0) is 54.8 Å². The molecule has 1 aliphatic heterocycles. The predicted molar refractivity (Wildman–Crippen MR) is 95.1 cm³/mol. The number of ether oxygens (including phenoxy) is 2. The number of hydrogen-bond donors (Lipinski definition) is 1. The molecule has 0 bridgehead atoms. The molecule has 3 rings (SSSR count). The Labute approximate surface area is 163 Å². The van der Waals surface area contributed by atoms with Gasteiger partial charge in [0.2, 0.25) is 0 Å². The van der Waals surface area contributed by atoms with Crippen LogP contribution in [0.2, 0.25) is 0 Å². The van der Waals surface area contributed by atoms with Crippen LogP contribution in [-0.4, -0.2) is 36.3 Å². The van der Waals surface area contributed by atoms with Crippen LogP contribution in [0.1, 0.15) is 29.1 Å². The van der Waals surface area contributed by atoms with Gasteiger partial charge in [0.1, 0.15) is 12.4 Å². The van der Waals surface area contributed by atoms with Gasteiger partial charge in [-0.15, -0.1) is 0 Å². The van der Waals surface area contributed by atoms with Gasteiger partial charge in [-0.1, -0.05) is 5.16 Å². The Balaban J connectivity index is 1.45. The molecule has 1 saturated heterocycles. The van der Waals surface area contributed by atoms with E-state index < -0.39 is 5.51 Å². The van der Waals surface area contributed by atoms with Gasteiger partial charge < -0.3 is 19.3 Å². The molecule has 2 aromatic rings. The fourth-order valence-corrected chi connectivity index (χ4v) is 3.20. The number of benzene rings is 1. The first-order chi connectivity index (χ1) is 13.4. The van der Waals surface area contributed by atoms with Crippen LogP contribution >= 0.6 is 11.8 Å². The molecule has 1 fully saturated rings. The zero-order chi connectivity index (χ0) is 20.0. The molecule has 1 aromatic heterocycles. The zero-order valence-corrected chi connectivity index (χ0v) is 15.6. The molecule has 0 radical (unpaired) electrons. The number of nitrogens with zero attached hydrogens (tertiary/aromatic N) is 1. The van der Waals surface area contributed by atoms with E-state index in [-0.39, 0.29) is 34.9 Å². The molecule has 1 amide bonds. The minimum absolute atomic E-state index is 0.00596. The standard InChI is InChI=1S/C18H19F3N2O4S/c19-18(20,21)28-15-3-1-13(2-4-15)26-11-14-9-16(23-27-14)17(24)22-10-12-5-7-25-8-6-12/h1-4,9,12H,5-8,10-11H2,(H,22,24). The van der Waals surface area contributed by atoms with E-state index in [1.165, 1.54) is 30.3 Å². The molecule has 152 valence electrons. The van der Waals surface area contributed by atoms with Crippen molar-refractivity contribution < 1.29 is 32.0 Å². The lowest BCUT2D eigenvalue weighted by molar-refractivity contribution is -0.0328. The highest BCUT2D eigenvalue weighted by molar-refractivity contribution is 8.00. The van der Waals surface area contributed by atoms with Crippen molar-refractivity contribution in [3.05, 3.63) is 41.8 Å². The first-order valence-electron chi connectivity index (χ1n) is 8.69. The molecule has 1 aromatic carbocycles. The number of halogens is 3. The number of thioether (sulfide) groups is 1. The predicted octanol–water partition coefficient (Wildman–Crippen LogP) is 4.02. The van der Waals surface area contributed by atoms with Crippen molar-refractivity contribution in [1.29, 1.82) is 0 Å². The Hall–Kier alpha value is -2.20. The van der Waals surface area contributed by atoms with Crippen molar-refractivity contribution in [3.8, 4) is 5.75 Å². The summed E-state index contributed by atoms with van der Waals surface area (Å²) >= 11 is -0.190. The lowest BCUT2D eigenvalue weighted by atomic mass is 10.0. The summed E-state index contributed by atoms with van der Waals surface area (Å²) in [5.74, 6) is 0.791.